The first-order valence-electron chi connectivity index (χ1n) is 10.0. The molecule has 2 aliphatic heterocycles. The highest BCUT2D eigenvalue weighted by atomic mass is 19.1. The number of aromatic nitrogens is 3. The highest BCUT2D eigenvalue weighted by Crippen LogP contribution is 2.34. The van der Waals surface area contributed by atoms with Gasteiger partial charge >= 0.3 is 0 Å². The van der Waals surface area contributed by atoms with Crippen LogP contribution in [0.4, 0.5) is 10.2 Å². The maximum Gasteiger partial charge on any atom is 0.193 e. The fourth-order valence-electron chi connectivity index (χ4n) is 4.56. The van der Waals surface area contributed by atoms with Crippen molar-refractivity contribution in [3.8, 4) is 17.1 Å². The van der Waals surface area contributed by atoms with Crippen LogP contribution in [0.5, 0.6) is 5.75 Å². The predicted molar refractivity (Wildman–Crippen MR) is 109 cm³/mol. The van der Waals surface area contributed by atoms with E-state index in [2.05, 4.69) is 20.5 Å². The topological polar surface area (TPSA) is 104 Å². The Balaban J connectivity index is 1.45. The van der Waals surface area contributed by atoms with E-state index in [4.69, 9.17) is 4.42 Å². The van der Waals surface area contributed by atoms with Gasteiger partial charge in [0.1, 0.15) is 23.3 Å². The van der Waals surface area contributed by atoms with Crippen LogP contribution in [0.25, 0.3) is 22.4 Å². The average Bonchev–Trinajstić information content (AvgIpc) is 3.14. The average molecular weight is 411 g/mol. The highest BCUT2D eigenvalue weighted by Gasteiger charge is 2.43. The van der Waals surface area contributed by atoms with Crippen molar-refractivity contribution in [2.24, 2.45) is 0 Å². The van der Waals surface area contributed by atoms with Crippen molar-refractivity contribution >= 4 is 16.8 Å². The number of hydrogen-bond acceptors (Lipinski definition) is 8. The number of phenols is 1. The molecule has 0 saturated carbocycles. The van der Waals surface area contributed by atoms with E-state index in [1.165, 1.54) is 24.4 Å². The van der Waals surface area contributed by atoms with E-state index in [0.717, 1.165) is 12.8 Å². The molecule has 4 atom stereocenters. The van der Waals surface area contributed by atoms with Crippen LogP contribution in [-0.4, -0.2) is 51.6 Å². The number of aromatic hydroxyl groups is 1. The molecule has 8 nitrogen and oxygen atoms in total. The second-order valence-corrected chi connectivity index (χ2v) is 8.13. The molecule has 2 N–H and O–H groups in total. The summed E-state index contributed by atoms with van der Waals surface area (Å²) in [7, 11) is 1.80. The first kappa shape index (κ1) is 18.9. The Labute approximate surface area is 171 Å². The third-order valence-corrected chi connectivity index (χ3v) is 6.17. The van der Waals surface area contributed by atoms with Crippen molar-refractivity contribution < 1.29 is 13.9 Å². The molecule has 1 aromatic carbocycles. The number of benzene rings is 1. The second-order valence-electron chi connectivity index (χ2n) is 8.13. The first-order chi connectivity index (χ1) is 14.4. The van der Waals surface area contributed by atoms with E-state index in [9.17, 15) is 14.3 Å². The van der Waals surface area contributed by atoms with Crippen molar-refractivity contribution in [2.45, 2.75) is 50.5 Å². The van der Waals surface area contributed by atoms with Crippen molar-refractivity contribution in [3.05, 3.63) is 40.4 Å². The number of halogens is 1. The summed E-state index contributed by atoms with van der Waals surface area (Å²) in [5.41, 5.74) is 0.410. The Kier molecular flexibility index (Phi) is 4.43. The van der Waals surface area contributed by atoms with Crippen molar-refractivity contribution in [1.29, 1.82) is 0 Å². The Morgan fingerprint density at radius 2 is 2.10 bits per heavy atom. The summed E-state index contributed by atoms with van der Waals surface area (Å²) in [4.78, 5) is 18.2. The molecule has 3 aromatic rings. The van der Waals surface area contributed by atoms with Crippen LogP contribution >= 0.6 is 0 Å². The van der Waals surface area contributed by atoms with E-state index >= 15 is 0 Å². The minimum atomic E-state index is -0.981. The van der Waals surface area contributed by atoms with Crippen molar-refractivity contribution in [2.75, 3.05) is 11.9 Å². The van der Waals surface area contributed by atoms with Gasteiger partial charge in [0.2, 0.25) is 0 Å². The SMILES string of the molecule is Cc1cc(=O)c2cc(O)c(-c3ncc(N(C)[C@H]4C[C@@H]5CCC(N5)[C@H]4F)nn3)cc2o1. The summed E-state index contributed by atoms with van der Waals surface area (Å²) in [5, 5.41) is 22.3. The van der Waals surface area contributed by atoms with E-state index < -0.39 is 6.17 Å². The molecule has 9 heteroatoms. The molecule has 1 unspecified atom stereocenters. The largest absolute Gasteiger partial charge is 0.507 e. The van der Waals surface area contributed by atoms with Gasteiger partial charge in [-0.05, 0) is 38.3 Å². The molecule has 2 saturated heterocycles. The predicted octanol–water partition coefficient (Wildman–Crippen LogP) is 2.33. The fraction of sp³-hybridized carbons (Fsp3) is 0.429. The summed E-state index contributed by atoms with van der Waals surface area (Å²) in [5.74, 6) is 0.991. The number of aryl methyl sites for hydroxylation is 1. The lowest BCUT2D eigenvalue weighted by Gasteiger charge is -2.38. The van der Waals surface area contributed by atoms with Crippen LogP contribution in [0.2, 0.25) is 0 Å². The van der Waals surface area contributed by atoms with Gasteiger partial charge in [-0.2, -0.15) is 0 Å². The number of piperidine rings is 1. The molecule has 0 amide bonds. The quantitative estimate of drug-likeness (QED) is 0.677. The molecular weight excluding hydrogens is 389 g/mol. The summed E-state index contributed by atoms with van der Waals surface area (Å²) in [6.07, 6.45) is 3.10. The van der Waals surface area contributed by atoms with Gasteiger partial charge < -0.3 is 19.7 Å². The van der Waals surface area contributed by atoms with Crippen LogP contribution in [-0.2, 0) is 0 Å². The summed E-state index contributed by atoms with van der Waals surface area (Å²) in [6, 6.07) is 4.19. The Bertz CT molecular complexity index is 1170. The number of alkyl halides is 1. The van der Waals surface area contributed by atoms with E-state index in [1.54, 1.807) is 18.9 Å². The molecule has 2 aromatic heterocycles. The zero-order valence-corrected chi connectivity index (χ0v) is 16.7. The van der Waals surface area contributed by atoms with Crippen LogP contribution in [0.15, 0.2) is 33.6 Å². The number of rotatable bonds is 3. The summed E-state index contributed by atoms with van der Waals surface area (Å²) in [6.45, 7) is 1.68. The lowest BCUT2D eigenvalue weighted by molar-refractivity contribution is 0.176. The van der Waals surface area contributed by atoms with E-state index in [0.29, 0.717) is 35.2 Å². The van der Waals surface area contributed by atoms with Crippen LogP contribution in [0.3, 0.4) is 0 Å². The van der Waals surface area contributed by atoms with Gasteiger partial charge in [0.25, 0.3) is 0 Å². The lowest BCUT2D eigenvalue weighted by atomic mass is 9.96. The van der Waals surface area contributed by atoms with E-state index in [1.807, 2.05) is 0 Å². The molecule has 4 heterocycles. The maximum absolute atomic E-state index is 14.8. The van der Waals surface area contributed by atoms with Crippen LogP contribution < -0.4 is 15.6 Å². The lowest BCUT2D eigenvalue weighted by Crippen LogP contribution is -2.55. The number of nitrogens with zero attached hydrogens (tertiary/aromatic N) is 4. The minimum Gasteiger partial charge on any atom is -0.507 e. The molecule has 0 spiro atoms. The summed E-state index contributed by atoms with van der Waals surface area (Å²) < 4.78 is 20.4. The zero-order chi connectivity index (χ0) is 21.0. The molecule has 0 aliphatic carbocycles. The molecule has 0 radical (unpaired) electrons. The van der Waals surface area contributed by atoms with Crippen molar-refractivity contribution in [3.63, 3.8) is 0 Å². The molecule has 156 valence electrons. The van der Waals surface area contributed by atoms with Gasteiger partial charge in [0, 0.05) is 25.2 Å². The molecular formula is C21H22FN5O3. The normalized spacial score (nSPS) is 25.6. The molecule has 2 aliphatic rings. The van der Waals surface area contributed by atoms with Crippen LogP contribution in [0, 0.1) is 6.92 Å². The zero-order valence-electron chi connectivity index (χ0n) is 16.7. The van der Waals surface area contributed by atoms with E-state index in [-0.39, 0.29) is 34.5 Å². The van der Waals surface area contributed by atoms with Gasteiger partial charge in [-0.25, -0.2) is 9.37 Å². The Hall–Kier alpha value is -3.07. The Morgan fingerprint density at radius 3 is 2.87 bits per heavy atom. The van der Waals surface area contributed by atoms with Crippen molar-refractivity contribution in [1.82, 2.24) is 20.5 Å². The number of fused-ring (bicyclic) bond motifs is 3. The van der Waals surface area contributed by atoms with Gasteiger partial charge in [0.05, 0.1) is 23.2 Å². The Morgan fingerprint density at radius 1 is 1.27 bits per heavy atom. The third kappa shape index (κ3) is 3.09. The maximum atomic E-state index is 14.8. The molecule has 5 rings (SSSR count). The summed E-state index contributed by atoms with van der Waals surface area (Å²) >= 11 is 0. The van der Waals surface area contributed by atoms with Crippen LogP contribution in [0.1, 0.15) is 25.0 Å². The molecule has 30 heavy (non-hydrogen) atoms. The van der Waals surface area contributed by atoms with Gasteiger partial charge in [-0.1, -0.05) is 0 Å². The highest BCUT2D eigenvalue weighted by molar-refractivity contribution is 5.85. The number of anilines is 1. The molecule has 2 fully saturated rings. The smallest absolute Gasteiger partial charge is 0.193 e. The van der Waals surface area contributed by atoms with Gasteiger partial charge in [-0.3, -0.25) is 4.79 Å². The van der Waals surface area contributed by atoms with Gasteiger partial charge in [-0.15, -0.1) is 10.2 Å². The monoisotopic (exact) mass is 411 g/mol. The third-order valence-electron chi connectivity index (χ3n) is 6.17. The number of nitrogens with one attached hydrogen (secondary N) is 1. The minimum absolute atomic E-state index is 0.107. The second kappa shape index (κ2) is 7.02. The molecule has 2 bridgehead atoms. The number of hydrogen-bond donors (Lipinski definition) is 2. The standard InChI is InChI=1S/C21H22FN5O3/c1-10-5-16(28)12-7-17(29)13(8-18(12)30-10)21-23-9-19(25-26-21)27(2)15-6-11-3-4-14(24-11)20(15)22/h5,7-9,11,14-15,20,24,29H,3-4,6H2,1-2H3/t11-,14?,15-,20+/m0/s1. The van der Waals surface area contributed by atoms with Gasteiger partial charge in [0.15, 0.2) is 17.1 Å². The first-order valence-corrected chi connectivity index (χ1v) is 10.0. The fourth-order valence-corrected chi connectivity index (χ4v) is 4.56. The number of phenolic OH excluding ortho intramolecular Hbond substituents is 1.